The molecule has 0 radical (unpaired) electrons. The van der Waals surface area contributed by atoms with Crippen LogP contribution < -0.4 is 15.8 Å². The Labute approximate surface area is 174 Å². The van der Waals surface area contributed by atoms with Gasteiger partial charge in [-0.05, 0) is 42.3 Å². The van der Waals surface area contributed by atoms with Gasteiger partial charge in [0.25, 0.3) is 0 Å². The fourth-order valence-electron chi connectivity index (χ4n) is 2.67. The van der Waals surface area contributed by atoms with Crippen molar-refractivity contribution in [1.82, 2.24) is 5.16 Å². The Morgan fingerprint density at radius 3 is 2.77 bits per heavy atom. The maximum Gasteiger partial charge on any atom is 0.417 e. The molecule has 0 aliphatic carbocycles. The number of nitrogens with one attached hydrogen (secondary N) is 1. The lowest BCUT2D eigenvalue weighted by Crippen LogP contribution is -2.14. The summed E-state index contributed by atoms with van der Waals surface area (Å²) in [7, 11) is 0. The number of nitrogens with zero attached hydrogens (tertiary/aromatic N) is 1. The zero-order valence-corrected chi connectivity index (χ0v) is 16.3. The van der Waals surface area contributed by atoms with Crippen molar-refractivity contribution in [2.45, 2.75) is 25.6 Å². The van der Waals surface area contributed by atoms with Gasteiger partial charge in [0.05, 0.1) is 17.1 Å². The van der Waals surface area contributed by atoms with E-state index in [4.69, 9.17) is 26.6 Å². The van der Waals surface area contributed by atoms with E-state index >= 15 is 0 Å². The van der Waals surface area contributed by atoms with Gasteiger partial charge in [0.15, 0.2) is 11.5 Å². The number of hydrogen-bond acceptors (Lipinski definition) is 5. The minimum absolute atomic E-state index is 0.0237. The third-order valence-electron chi connectivity index (χ3n) is 4.12. The van der Waals surface area contributed by atoms with Crippen molar-refractivity contribution in [3.8, 4) is 11.5 Å². The second-order valence-corrected chi connectivity index (χ2v) is 6.71. The Hall–Kier alpha value is -3.04. The summed E-state index contributed by atoms with van der Waals surface area (Å²) in [5.41, 5.74) is 5.36. The predicted octanol–water partition coefficient (Wildman–Crippen LogP) is 5.17. The Morgan fingerprint density at radius 1 is 1.23 bits per heavy atom. The normalized spacial score (nSPS) is 11.4. The average Bonchev–Trinajstić information content (AvgIpc) is 3.14. The van der Waals surface area contributed by atoms with Crippen molar-refractivity contribution < 1.29 is 27.2 Å². The summed E-state index contributed by atoms with van der Waals surface area (Å²) in [5.74, 6) is 0.885. The smallest absolute Gasteiger partial charge is 0.417 e. The zero-order valence-electron chi connectivity index (χ0n) is 15.5. The van der Waals surface area contributed by atoms with Crippen LogP contribution in [0.15, 0.2) is 53.2 Å². The summed E-state index contributed by atoms with van der Waals surface area (Å²) in [6.07, 6.45) is -2.78. The predicted molar refractivity (Wildman–Crippen MR) is 104 cm³/mol. The number of amides is 1. The van der Waals surface area contributed by atoms with Crippen LogP contribution in [-0.2, 0) is 23.9 Å². The first-order valence-corrected chi connectivity index (χ1v) is 9.21. The lowest BCUT2D eigenvalue weighted by atomic mass is 10.1. The Balaban J connectivity index is 1.60. The van der Waals surface area contributed by atoms with E-state index < -0.39 is 22.7 Å². The van der Waals surface area contributed by atoms with Gasteiger partial charge in [-0.3, -0.25) is 4.79 Å². The molecule has 3 rings (SSSR count). The molecular weight excluding hydrogens is 423 g/mol. The Bertz CT molecular complexity index is 1040. The van der Waals surface area contributed by atoms with Crippen molar-refractivity contribution in [3.05, 3.63) is 70.6 Å². The van der Waals surface area contributed by atoms with Gasteiger partial charge in [0.1, 0.15) is 11.9 Å². The van der Waals surface area contributed by atoms with E-state index in [9.17, 15) is 18.0 Å². The second kappa shape index (κ2) is 9.19. The largest absolute Gasteiger partial charge is 0.452 e. The van der Waals surface area contributed by atoms with Crippen LogP contribution in [0.25, 0.3) is 0 Å². The number of hydrogen-bond donors (Lipinski definition) is 2. The molecule has 0 spiro atoms. The van der Waals surface area contributed by atoms with Crippen LogP contribution >= 0.6 is 11.6 Å². The van der Waals surface area contributed by atoms with E-state index in [0.717, 1.165) is 17.7 Å². The molecule has 10 heteroatoms. The third-order valence-corrected chi connectivity index (χ3v) is 4.45. The molecule has 6 nitrogen and oxygen atoms in total. The summed E-state index contributed by atoms with van der Waals surface area (Å²) in [6, 6.07) is 10.3. The first-order chi connectivity index (χ1) is 14.3. The number of rotatable bonds is 7. The lowest BCUT2D eigenvalue weighted by molar-refractivity contribution is -0.137. The maximum absolute atomic E-state index is 12.9. The summed E-state index contributed by atoms with van der Waals surface area (Å²) >= 11 is 5.58. The Kier molecular flexibility index (Phi) is 6.63. The molecule has 0 bridgehead atoms. The molecule has 158 valence electrons. The number of ether oxygens (including phenoxy) is 1. The number of alkyl halides is 3. The quantitative estimate of drug-likeness (QED) is 0.530. The van der Waals surface area contributed by atoms with E-state index in [2.05, 4.69) is 10.5 Å². The van der Waals surface area contributed by atoms with Crippen molar-refractivity contribution in [3.63, 3.8) is 0 Å². The van der Waals surface area contributed by atoms with Crippen LogP contribution in [0.5, 0.6) is 11.5 Å². The van der Waals surface area contributed by atoms with Gasteiger partial charge in [0.2, 0.25) is 5.91 Å². The third kappa shape index (κ3) is 5.52. The molecule has 2 aromatic carbocycles. The molecule has 1 heterocycles. The van der Waals surface area contributed by atoms with Crippen LogP contribution in [0.4, 0.5) is 18.9 Å². The number of carbonyl (C=O) groups excluding carboxylic acids is 1. The van der Waals surface area contributed by atoms with Crippen LogP contribution in [0, 0.1) is 0 Å². The molecule has 3 N–H and O–H groups in total. The van der Waals surface area contributed by atoms with Crippen LogP contribution in [0.2, 0.25) is 5.02 Å². The molecule has 0 aliphatic rings. The van der Waals surface area contributed by atoms with E-state index in [1.165, 1.54) is 12.3 Å². The first kappa shape index (κ1) is 21.7. The SMILES string of the molecule is NCc1oncc1Oc1cccc(CCC(=O)Nc2ccc(Cl)c(C(F)(F)F)c2)c1. The number of anilines is 1. The summed E-state index contributed by atoms with van der Waals surface area (Å²) in [4.78, 5) is 12.2. The van der Waals surface area contributed by atoms with E-state index in [1.807, 2.05) is 6.07 Å². The van der Waals surface area contributed by atoms with E-state index in [0.29, 0.717) is 23.7 Å². The summed E-state index contributed by atoms with van der Waals surface area (Å²) in [5, 5.41) is 5.65. The molecule has 3 aromatic rings. The standard InChI is InChI=1S/C20H17ClF3N3O3/c21-16-6-5-13(9-15(16)20(22,23)24)27-19(28)7-4-12-2-1-3-14(8-12)29-18-11-26-30-17(18)10-25/h1-3,5-6,8-9,11H,4,7,10,25H2,(H,27,28). The molecule has 30 heavy (non-hydrogen) atoms. The van der Waals surface area contributed by atoms with Gasteiger partial charge in [-0.15, -0.1) is 0 Å². The highest BCUT2D eigenvalue weighted by molar-refractivity contribution is 6.31. The maximum atomic E-state index is 12.9. The lowest BCUT2D eigenvalue weighted by Gasteiger charge is -2.12. The van der Waals surface area contributed by atoms with E-state index in [-0.39, 0.29) is 18.7 Å². The summed E-state index contributed by atoms with van der Waals surface area (Å²) < 4.78 is 49.4. The van der Waals surface area contributed by atoms with Gasteiger partial charge in [-0.2, -0.15) is 13.2 Å². The monoisotopic (exact) mass is 439 g/mol. The summed E-state index contributed by atoms with van der Waals surface area (Å²) in [6.45, 7) is 0.135. The number of halogens is 4. The van der Waals surface area contributed by atoms with Gasteiger partial charge in [-0.25, -0.2) is 0 Å². The van der Waals surface area contributed by atoms with Gasteiger partial charge in [-0.1, -0.05) is 28.9 Å². The molecule has 0 saturated heterocycles. The molecule has 0 saturated carbocycles. The first-order valence-electron chi connectivity index (χ1n) is 8.83. The van der Waals surface area contributed by atoms with Crippen LogP contribution in [0.3, 0.4) is 0 Å². The van der Waals surface area contributed by atoms with Crippen molar-refractivity contribution >= 4 is 23.2 Å². The topological polar surface area (TPSA) is 90.4 Å². The fourth-order valence-corrected chi connectivity index (χ4v) is 2.89. The van der Waals surface area contributed by atoms with Crippen molar-refractivity contribution in [2.24, 2.45) is 5.73 Å². The molecule has 1 aromatic heterocycles. The zero-order chi connectivity index (χ0) is 21.7. The van der Waals surface area contributed by atoms with Crippen LogP contribution in [-0.4, -0.2) is 11.1 Å². The molecule has 0 aliphatic heterocycles. The minimum atomic E-state index is -4.60. The molecule has 0 atom stereocenters. The molecule has 1 amide bonds. The molecule has 0 fully saturated rings. The van der Waals surface area contributed by atoms with Gasteiger partial charge in [0, 0.05) is 12.1 Å². The Morgan fingerprint density at radius 2 is 2.03 bits per heavy atom. The second-order valence-electron chi connectivity index (χ2n) is 6.31. The highest BCUT2D eigenvalue weighted by Gasteiger charge is 2.33. The van der Waals surface area contributed by atoms with Crippen molar-refractivity contribution in [1.29, 1.82) is 0 Å². The van der Waals surface area contributed by atoms with Crippen molar-refractivity contribution in [2.75, 3.05) is 5.32 Å². The number of aromatic nitrogens is 1. The van der Waals surface area contributed by atoms with Gasteiger partial charge >= 0.3 is 6.18 Å². The fraction of sp³-hybridized carbons (Fsp3) is 0.200. The van der Waals surface area contributed by atoms with Gasteiger partial charge < -0.3 is 20.3 Å². The number of carbonyl (C=O) groups is 1. The number of benzene rings is 2. The van der Waals surface area contributed by atoms with Crippen LogP contribution in [0.1, 0.15) is 23.3 Å². The van der Waals surface area contributed by atoms with E-state index in [1.54, 1.807) is 18.2 Å². The number of aryl methyl sites for hydroxylation is 1. The minimum Gasteiger partial charge on any atom is -0.452 e. The average molecular weight is 440 g/mol. The molecule has 0 unspecified atom stereocenters. The number of nitrogens with two attached hydrogens (primary N) is 1. The highest BCUT2D eigenvalue weighted by Crippen LogP contribution is 2.36. The molecular formula is C20H17ClF3N3O3. The highest BCUT2D eigenvalue weighted by atomic mass is 35.5.